The molecule has 1 heterocycles. The van der Waals surface area contributed by atoms with Gasteiger partial charge in [0.05, 0.1) is 6.07 Å². The zero-order valence-electron chi connectivity index (χ0n) is 5.48. The van der Waals surface area contributed by atoms with Crippen LogP contribution in [0.2, 0.25) is 0 Å². The quantitative estimate of drug-likeness (QED) is 0.494. The van der Waals surface area contributed by atoms with E-state index in [0.717, 1.165) is 12.2 Å². The molecule has 1 aliphatic heterocycles. The number of hydrogen-bond donors (Lipinski definition) is 0. The van der Waals surface area contributed by atoms with Crippen molar-refractivity contribution in [1.29, 1.82) is 5.26 Å². The average molecular weight is 152 g/mol. The van der Waals surface area contributed by atoms with Crippen LogP contribution in [0.15, 0.2) is 12.2 Å². The van der Waals surface area contributed by atoms with Gasteiger partial charge in [0, 0.05) is 12.2 Å². The van der Waals surface area contributed by atoms with E-state index >= 15 is 0 Å². The molecular weight excluding hydrogens is 148 g/mol. The van der Waals surface area contributed by atoms with Crippen molar-refractivity contribution in [3.8, 4) is 6.07 Å². The van der Waals surface area contributed by atoms with Crippen LogP contribution in [0.25, 0.3) is 0 Å². The average Bonchev–Trinajstić information content (AvgIpc) is 2.29. The second kappa shape index (κ2) is 2.94. The number of nitriles is 1. The van der Waals surface area contributed by atoms with Crippen LogP contribution in [-0.4, -0.2) is 23.5 Å². The highest BCUT2D eigenvalue weighted by Gasteiger charge is 2.24. The van der Waals surface area contributed by atoms with Gasteiger partial charge >= 0.3 is 0 Å². The second-order valence-electron chi connectivity index (χ2n) is 1.74. The Morgan fingerprint density at radius 1 is 1.45 bits per heavy atom. The van der Waals surface area contributed by atoms with E-state index < -0.39 is 11.8 Å². The van der Waals surface area contributed by atoms with Crippen LogP contribution in [0.4, 0.5) is 0 Å². The molecule has 1 aliphatic rings. The Morgan fingerprint density at radius 3 is 2.45 bits per heavy atom. The van der Waals surface area contributed by atoms with Crippen molar-refractivity contribution >= 4 is 11.8 Å². The predicted octanol–water partition coefficient (Wildman–Crippen LogP) is -0.633. The van der Waals surface area contributed by atoms with Gasteiger partial charge in [-0.05, 0) is 0 Å². The maximum atomic E-state index is 10.7. The summed E-state index contributed by atoms with van der Waals surface area (Å²) in [4.78, 5) is 25.8. The standard InChI is InChI=1S/C6H4N2O3/c7-3-4-11-8-5(9)1-2-6(8)10/h1-2H,4H2. The number of hydroxylamine groups is 2. The normalized spacial score (nSPS) is 15.7. The third-order valence-electron chi connectivity index (χ3n) is 1.03. The lowest BCUT2D eigenvalue weighted by atomic mass is 10.6. The lowest BCUT2D eigenvalue weighted by Crippen LogP contribution is -2.30. The molecule has 0 saturated heterocycles. The molecule has 5 nitrogen and oxygen atoms in total. The van der Waals surface area contributed by atoms with Gasteiger partial charge in [-0.25, -0.2) is 4.84 Å². The number of nitrogens with zero attached hydrogens (tertiary/aromatic N) is 2. The molecular formula is C6H4N2O3. The van der Waals surface area contributed by atoms with E-state index in [1.807, 2.05) is 0 Å². The summed E-state index contributed by atoms with van der Waals surface area (Å²) in [6.45, 7) is -0.306. The number of amides is 2. The minimum atomic E-state index is -0.551. The molecule has 56 valence electrons. The molecule has 0 spiro atoms. The molecule has 0 radical (unpaired) electrons. The van der Waals surface area contributed by atoms with E-state index in [9.17, 15) is 9.59 Å². The van der Waals surface area contributed by atoms with Crippen LogP contribution < -0.4 is 0 Å². The van der Waals surface area contributed by atoms with Gasteiger partial charge in [-0.2, -0.15) is 5.26 Å². The highest BCUT2D eigenvalue weighted by Crippen LogP contribution is 2.02. The summed E-state index contributed by atoms with van der Waals surface area (Å²) in [5.41, 5.74) is 0. The molecule has 11 heavy (non-hydrogen) atoms. The Kier molecular flexibility index (Phi) is 1.99. The summed E-state index contributed by atoms with van der Waals surface area (Å²) in [7, 11) is 0. The van der Waals surface area contributed by atoms with E-state index in [1.54, 1.807) is 6.07 Å². The highest BCUT2D eigenvalue weighted by atomic mass is 16.7. The molecule has 0 bridgehead atoms. The molecule has 0 unspecified atom stereocenters. The maximum absolute atomic E-state index is 10.7. The summed E-state index contributed by atoms with van der Waals surface area (Å²) in [6.07, 6.45) is 2.17. The van der Waals surface area contributed by atoms with Crippen LogP contribution in [0.1, 0.15) is 0 Å². The molecule has 0 saturated carbocycles. The van der Waals surface area contributed by atoms with Gasteiger partial charge in [-0.1, -0.05) is 0 Å². The molecule has 0 fully saturated rings. The van der Waals surface area contributed by atoms with Crippen molar-refractivity contribution in [2.24, 2.45) is 0 Å². The van der Waals surface area contributed by atoms with Crippen molar-refractivity contribution in [2.45, 2.75) is 0 Å². The molecule has 0 aliphatic carbocycles. The minimum absolute atomic E-state index is 0.306. The van der Waals surface area contributed by atoms with Crippen LogP contribution >= 0.6 is 0 Å². The fourth-order valence-electron chi connectivity index (χ4n) is 0.607. The summed E-state index contributed by atoms with van der Waals surface area (Å²) in [6, 6.07) is 1.64. The number of hydrogen-bond acceptors (Lipinski definition) is 4. The molecule has 0 aromatic rings. The molecule has 1 rings (SSSR count). The lowest BCUT2D eigenvalue weighted by Gasteiger charge is -2.09. The first kappa shape index (κ1) is 7.44. The zero-order valence-corrected chi connectivity index (χ0v) is 5.48. The van der Waals surface area contributed by atoms with E-state index in [1.165, 1.54) is 0 Å². The van der Waals surface area contributed by atoms with Gasteiger partial charge in [-0.15, -0.1) is 5.06 Å². The Morgan fingerprint density at radius 2 is 2.00 bits per heavy atom. The fourth-order valence-corrected chi connectivity index (χ4v) is 0.607. The fraction of sp³-hybridized carbons (Fsp3) is 0.167. The summed E-state index contributed by atoms with van der Waals surface area (Å²) in [5.74, 6) is -1.10. The third-order valence-corrected chi connectivity index (χ3v) is 1.03. The number of imide groups is 1. The monoisotopic (exact) mass is 152 g/mol. The maximum Gasteiger partial charge on any atom is 0.278 e. The van der Waals surface area contributed by atoms with Crippen LogP contribution in [0.5, 0.6) is 0 Å². The van der Waals surface area contributed by atoms with Crippen molar-refractivity contribution in [1.82, 2.24) is 5.06 Å². The van der Waals surface area contributed by atoms with Crippen molar-refractivity contribution in [3.05, 3.63) is 12.2 Å². The van der Waals surface area contributed by atoms with Crippen molar-refractivity contribution < 1.29 is 14.4 Å². The molecule has 2 amide bonds. The van der Waals surface area contributed by atoms with E-state index in [0.29, 0.717) is 5.06 Å². The SMILES string of the molecule is N#CCON1C(=O)C=CC1=O. The first-order valence-corrected chi connectivity index (χ1v) is 2.81. The Balaban J connectivity index is 2.54. The minimum Gasteiger partial charge on any atom is -0.267 e. The van der Waals surface area contributed by atoms with Crippen molar-refractivity contribution in [3.63, 3.8) is 0 Å². The Bertz CT molecular complexity index is 245. The highest BCUT2D eigenvalue weighted by molar-refractivity contribution is 6.11. The summed E-state index contributed by atoms with van der Waals surface area (Å²) in [5, 5.41) is 8.60. The summed E-state index contributed by atoms with van der Waals surface area (Å²) < 4.78 is 0. The van der Waals surface area contributed by atoms with Gasteiger partial charge in [0.25, 0.3) is 11.8 Å². The smallest absolute Gasteiger partial charge is 0.267 e. The largest absolute Gasteiger partial charge is 0.278 e. The Hall–Kier alpha value is -1.67. The second-order valence-corrected chi connectivity index (χ2v) is 1.74. The first-order valence-electron chi connectivity index (χ1n) is 2.81. The van der Waals surface area contributed by atoms with E-state index in [2.05, 4.69) is 4.84 Å². The van der Waals surface area contributed by atoms with Crippen LogP contribution in [0, 0.1) is 11.3 Å². The van der Waals surface area contributed by atoms with Gasteiger partial charge in [-0.3, -0.25) is 9.59 Å². The van der Waals surface area contributed by atoms with Gasteiger partial charge in [0.1, 0.15) is 0 Å². The van der Waals surface area contributed by atoms with Gasteiger partial charge in [0.2, 0.25) is 0 Å². The Labute approximate surface area is 62.4 Å². The van der Waals surface area contributed by atoms with Crippen molar-refractivity contribution in [2.75, 3.05) is 6.61 Å². The van der Waals surface area contributed by atoms with Crippen LogP contribution in [-0.2, 0) is 14.4 Å². The summed E-state index contributed by atoms with van der Waals surface area (Å²) >= 11 is 0. The predicted molar refractivity (Wildman–Crippen MR) is 32.6 cm³/mol. The first-order chi connectivity index (χ1) is 5.25. The number of carbonyl (C=O) groups excluding carboxylic acids is 2. The zero-order chi connectivity index (χ0) is 8.27. The third kappa shape index (κ3) is 1.42. The van der Waals surface area contributed by atoms with Gasteiger partial charge < -0.3 is 0 Å². The number of carbonyl (C=O) groups is 2. The van der Waals surface area contributed by atoms with Gasteiger partial charge in [0.15, 0.2) is 6.61 Å². The van der Waals surface area contributed by atoms with E-state index in [4.69, 9.17) is 5.26 Å². The molecule has 0 atom stereocenters. The molecule has 0 N–H and O–H groups in total. The molecule has 5 heteroatoms. The molecule has 0 aromatic carbocycles. The topological polar surface area (TPSA) is 70.4 Å². The lowest BCUT2D eigenvalue weighted by molar-refractivity contribution is -0.181. The molecule has 0 aromatic heterocycles. The number of rotatable bonds is 2. The van der Waals surface area contributed by atoms with E-state index in [-0.39, 0.29) is 6.61 Å². The van der Waals surface area contributed by atoms with Crippen LogP contribution in [0.3, 0.4) is 0 Å².